The minimum Gasteiger partial charge on any atom is -0.390 e. The van der Waals surface area contributed by atoms with E-state index in [-0.39, 0.29) is 25.8 Å². The molecule has 1 saturated heterocycles. The number of β-amino-alcohol motifs (C(OH)–C–C–N with tert-alkyl or cyclic N) is 1. The number of nitrogens with zero attached hydrogens (tertiary/aromatic N) is 2. The third-order valence-corrected chi connectivity index (χ3v) is 7.39. The number of aliphatic hydroxyl groups is 1. The Balaban J connectivity index is 2.10. The van der Waals surface area contributed by atoms with Crippen LogP contribution in [0.1, 0.15) is 45.1 Å². The largest absolute Gasteiger partial charge is 0.417 e. The number of aliphatic hydroxyl groups excluding tert-OH is 1. The highest BCUT2D eigenvalue weighted by Gasteiger charge is 2.38. The van der Waals surface area contributed by atoms with Crippen molar-refractivity contribution in [3.63, 3.8) is 0 Å². The van der Waals surface area contributed by atoms with Crippen LogP contribution in [0.2, 0.25) is 0 Å². The van der Waals surface area contributed by atoms with Crippen molar-refractivity contribution in [2.75, 3.05) is 6.54 Å². The number of amides is 2. The molecule has 0 radical (unpaired) electrons. The number of nitrogens with two attached hydrogens (primary N) is 1. The van der Waals surface area contributed by atoms with E-state index in [0.717, 1.165) is 10.4 Å². The molecule has 4 N–H and O–H groups in total. The Morgan fingerprint density at radius 1 is 1.34 bits per heavy atom. The van der Waals surface area contributed by atoms with E-state index >= 15 is 0 Å². The van der Waals surface area contributed by atoms with Gasteiger partial charge in [-0.1, -0.05) is 6.92 Å². The monoisotopic (exact) mass is 480 g/mol. The average molecular weight is 481 g/mol. The number of carbonyl (C=O) groups excluding carboxylic acids is 2. The van der Waals surface area contributed by atoms with Crippen molar-refractivity contribution in [2.45, 2.75) is 68.9 Å². The van der Waals surface area contributed by atoms with E-state index in [1.807, 2.05) is 0 Å². The van der Waals surface area contributed by atoms with E-state index < -0.39 is 62.7 Å². The summed E-state index contributed by atoms with van der Waals surface area (Å²) in [6.07, 6.45) is -4.63. The minimum absolute atomic E-state index is 0.0143. The zero-order valence-electron chi connectivity index (χ0n) is 17.7. The van der Waals surface area contributed by atoms with Crippen molar-refractivity contribution in [3.05, 3.63) is 23.9 Å². The summed E-state index contributed by atoms with van der Waals surface area (Å²) >= 11 is 0. The Morgan fingerprint density at radius 2 is 2.00 bits per heavy atom. The van der Waals surface area contributed by atoms with Crippen LogP contribution in [0.15, 0.2) is 23.4 Å². The predicted octanol–water partition coefficient (Wildman–Crippen LogP) is 1.02. The van der Waals surface area contributed by atoms with Crippen molar-refractivity contribution < 1.29 is 36.3 Å². The van der Waals surface area contributed by atoms with Gasteiger partial charge in [0.05, 0.1) is 17.7 Å². The van der Waals surface area contributed by atoms with E-state index in [1.165, 1.54) is 0 Å². The molecule has 1 fully saturated rings. The van der Waals surface area contributed by atoms with Crippen molar-refractivity contribution in [1.29, 1.82) is 0 Å². The van der Waals surface area contributed by atoms with E-state index in [1.54, 1.807) is 13.8 Å². The summed E-state index contributed by atoms with van der Waals surface area (Å²) in [5.74, 6) is -1.42. The lowest BCUT2D eigenvalue weighted by molar-refractivity contribution is -0.138. The lowest BCUT2D eigenvalue weighted by atomic mass is 10.0. The van der Waals surface area contributed by atoms with E-state index in [4.69, 9.17) is 5.73 Å². The first-order valence-corrected chi connectivity index (χ1v) is 11.5. The average Bonchev–Trinajstić information content (AvgIpc) is 2.85. The van der Waals surface area contributed by atoms with Gasteiger partial charge in [-0.3, -0.25) is 9.59 Å². The first-order valence-electron chi connectivity index (χ1n) is 10.0. The molecule has 9 nitrogen and oxygen atoms in total. The molecule has 1 aliphatic rings. The first-order chi connectivity index (χ1) is 14.7. The Labute approximate surface area is 184 Å². The number of pyridine rings is 1. The quantitative estimate of drug-likeness (QED) is 0.532. The number of alkyl halides is 3. The summed E-state index contributed by atoms with van der Waals surface area (Å²) < 4.78 is 65.1. The first kappa shape index (κ1) is 26.0. The van der Waals surface area contributed by atoms with Gasteiger partial charge in [-0.2, -0.15) is 17.5 Å². The summed E-state index contributed by atoms with van der Waals surface area (Å²) in [5.41, 5.74) is 4.09. The molecular weight excluding hydrogens is 453 g/mol. The van der Waals surface area contributed by atoms with Crippen LogP contribution in [0.25, 0.3) is 0 Å². The third kappa shape index (κ3) is 6.39. The summed E-state index contributed by atoms with van der Waals surface area (Å²) in [6.45, 7) is 2.83. The molecule has 1 aromatic rings. The van der Waals surface area contributed by atoms with Gasteiger partial charge in [0.1, 0.15) is 0 Å². The highest BCUT2D eigenvalue weighted by Crippen LogP contribution is 2.30. The fourth-order valence-corrected chi connectivity index (χ4v) is 4.94. The molecule has 180 valence electrons. The van der Waals surface area contributed by atoms with Gasteiger partial charge in [0, 0.05) is 31.1 Å². The highest BCUT2D eigenvalue weighted by molar-refractivity contribution is 7.89. The number of halogens is 3. The lowest BCUT2D eigenvalue weighted by Crippen LogP contribution is -2.48. The third-order valence-electron chi connectivity index (χ3n) is 5.49. The maximum absolute atomic E-state index is 13.0. The van der Waals surface area contributed by atoms with E-state index in [2.05, 4.69) is 10.3 Å². The van der Waals surface area contributed by atoms with Crippen LogP contribution >= 0.6 is 0 Å². The van der Waals surface area contributed by atoms with Crippen LogP contribution < -0.4 is 11.1 Å². The predicted molar refractivity (Wildman–Crippen MR) is 107 cm³/mol. The van der Waals surface area contributed by atoms with Gasteiger partial charge >= 0.3 is 6.18 Å². The molecule has 0 aliphatic carbocycles. The Hall–Kier alpha value is -2.25. The Morgan fingerprint density at radius 3 is 2.53 bits per heavy atom. The maximum atomic E-state index is 13.0. The van der Waals surface area contributed by atoms with Gasteiger partial charge in [-0.15, -0.1) is 0 Å². The molecule has 1 aromatic heterocycles. The second kappa shape index (κ2) is 10.1. The molecular formula is C19H27F3N4O5S. The van der Waals surface area contributed by atoms with Crippen LogP contribution in [0.5, 0.6) is 0 Å². The zero-order chi connectivity index (χ0) is 24.3. The normalized spacial score (nSPS) is 23.9. The van der Waals surface area contributed by atoms with Gasteiger partial charge in [0.15, 0.2) is 5.03 Å². The molecule has 1 aliphatic heterocycles. The SMILES string of the molecule is C[C@@H]1CC[C@H](NC(=O)CC[C@H](C)C(N)=O)[C@@H](O)CN1S(=O)(=O)c1ccc(C(F)(F)F)cn1. The molecule has 4 atom stereocenters. The smallest absolute Gasteiger partial charge is 0.390 e. The molecule has 0 aromatic carbocycles. The summed E-state index contributed by atoms with van der Waals surface area (Å²) in [4.78, 5) is 26.7. The molecule has 0 unspecified atom stereocenters. The maximum Gasteiger partial charge on any atom is 0.417 e. The van der Waals surface area contributed by atoms with Gasteiger partial charge < -0.3 is 16.2 Å². The van der Waals surface area contributed by atoms with Crippen LogP contribution in [0.4, 0.5) is 13.2 Å². The Bertz CT molecular complexity index is 924. The zero-order valence-corrected chi connectivity index (χ0v) is 18.5. The summed E-state index contributed by atoms with van der Waals surface area (Å²) in [6, 6.07) is 0.0982. The molecule has 2 rings (SSSR count). The number of rotatable bonds is 7. The number of aromatic nitrogens is 1. The number of nitrogens with one attached hydrogen (secondary N) is 1. The number of hydrogen-bond donors (Lipinski definition) is 3. The molecule has 2 heterocycles. The van der Waals surface area contributed by atoms with Gasteiger partial charge in [0.2, 0.25) is 11.8 Å². The van der Waals surface area contributed by atoms with Crippen LogP contribution in [-0.4, -0.2) is 59.4 Å². The minimum atomic E-state index is -4.65. The summed E-state index contributed by atoms with van der Waals surface area (Å²) in [5, 5.41) is 12.6. The van der Waals surface area contributed by atoms with E-state index in [0.29, 0.717) is 18.7 Å². The number of carbonyl (C=O) groups is 2. The van der Waals surface area contributed by atoms with Crippen molar-refractivity contribution in [1.82, 2.24) is 14.6 Å². The number of sulfonamides is 1. The van der Waals surface area contributed by atoms with Crippen LogP contribution in [-0.2, 0) is 25.8 Å². The molecule has 0 bridgehead atoms. The topological polar surface area (TPSA) is 143 Å². The van der Waals surface area contributed by atoms with Gasteiger partial charge in [0.25, 0.3) is 10.0 Å². The fraction of sp³-hybridized carbons (Fsp3) is 0.632. The van der Waals surface area contributed by atoms with Gasteiger partial charge in [-0.25, -0.2) is 13.4 Å². The standard InChI is InChI=1S/C19H27F3N4O5S/c1-11(18(23)29)3-7-16(28)25-14-6-4-12(2)26(10-15(14)27)32(30,31)17-8-5-13(9-24-17)19(20,21)22/h5,8-9,11-12,14-15,27H,3-4,6-7,10H2,1-2H3,(H2,23,29)(H,25,28)/t11-,12+,14-,15-/m0/s1. The molecule has 0 spiro atoms. The van der Waals surface area contributed by atoms with Gasteiger partial charge in [-0.05, 0) is 38.3 Å². The van der Waals surface area contributed by atoms with Crippen molar-refractivity contribution in [3.8, 4) is 0 Å². The van der Waals surface area contributed by atoms with Crippen molar-refractivity contribution in [2.24, 2.45) is 11.7 Å². The number of primary amides is 1. The second-order valence-corrected chi connectivity index (χ2v) is 9.80. The molecule has 2 amide bonds. The van der Waals surface area contributed by atoms with Crippen LogP contribution in [0, 0.1) is 5.92 Å². The van der Waals surface area contributed by atoms with Crippen molar-refractivity contribution >= 4 is 21.8 Å². The fourth-order valence-electron chi connectivity index (χ4n) is 3.34. The Kier molecular flexibility index (Phi) is 8.23. The molecule has 0 saturated carbocycles. The second-order valence-electron chi connectivity index (χ2n) is 7.97. The lowest BCUT2D eigenvalue weighted by Gasteiger charge is -2.27. The summed E-state index contributed by atoms with van der Waals surface area (Å²) in [7, 11) is -4.28. The van der Waals surface area contributed by atoms with Crippen LogP contribution in [0.3, 0.4) is 0 Å². The van der Waals surface area contributed by atoms with E-state index in [9.17, 15) is 36.3 Å². The number of hydrogen-bond acceptors (Lipinski definition) is 6. The molecule has 13 heteroatoms. The molecule has 32 heavy (non-hydrogen) atoms. The highest BCUT2D eigenvalue weighted by atomic mass is 32.2.